The van der Waals surface area contributed by atoms with E-state index < -0.39 is 0 Å². The van der Waals surface area contributed by atoms with Crippen molar-refractivity contribution in [1.82, 2.24) is 0 Å². The van der Waals surface area contributed by atoms with Crippen LogP contribution in [0.15, 0.2) is 0 Å². The molecular weight excluding hydrogens is 88.1 g/mol. The minimum absolute atomic E-state index is 0.948. The van der Waals surface area contributed by atoms with E-state index in [0.717, 1.165) is 5.92 Å². The van der Waals surface area contributed by atoms with Gasteiger partial charge in [-0.15, -0.1) is 0 Å². The van der Waals surface area contributed by atoms with Gasteiger partial charge in [0, 0.05) is 10.2 Å². The summed E-state index contributed by atoms with van der Waals surface area (Å²) in [5.74, 6) is 0.948. The molecule has 0 saturated heterocycles. The predicted octanol–water partition coefficient (Wildman–Crippen LogP) is 1.08. The van der Waals surface area contributed by atoms with E-state index in [1.165, 1.54) is 12.5 Å². The van der Waals surface area contributed by atoms with Gasteiger partial charge >= 0.3 is 0 Å². The third-order valence-corrected chi connectivity index (χ3v) is 2.18. The summed E-state index contributed by atoms with van der Waals surface area (Å²) in [6, 6.07) is 1.36. The monoisotopic (exact) mass is 101 g/mol. The van der Waals surface area contributed by atoms with E-state index in [4.69, 9.17) is 0 Å². The standard InChI is InChI=1S/C5H13Si/c1-3-5(2)4-6/h5H,3-4,6H2,1-2H3. The lowest BCUT2D eigenvalue weighted by Gasteiger charge is -1.98. The molecule has 37 valence electrons. The fourth-order valence-corrected chi connectivity index (χ4v) is 0.612. The summed E-state index contributed by atoms with van der Waals surface area (Å²) in [7, 11) is 2.06. The highest BCUT2D eigenvalue weighted by Crippen LogP contribution is 2.01. The van der Waals surface area contributed by atoms with E-state index in [1.807, 2.05) is 0 Å². The van der Waals surface area contributed by atoms with E-state index in [2.05, 4.69) is 24.1 Å². The molecular formula is C5H13Si. The lowest BCUT2D eigenvalue weighted by molar-refractivity contribution is 0.625. The molecule has 0 nitrogen and oxygen atoms in total. The Morgan fingerprint density at radius 3 is 2.17 bits per heavy atom. The normalized spacial score (nSPS) is 14.5. The molecule has 0 rings (SSSR count). The predicted molar refractivity (Wildman–Crippen MR) is 32.8 cm³/mol. The molecule has 0 amide bonds. The van der Waals surface area contributed by atoms with Crippen molar-refractivity contribution in [3.63, 3.8) is 0 Å². The first kappa shape index (κ1) is 6.22. The molecule has 1 atom stereocenters. The summed E-state index contributed by atoms with van der Waals surface area (Å²) < 4.78 is 0. The Bertz CT molecular complexity index is 23.1. The summed E-state index contributed by atoms with van der Waals surface area (Å²) in [5.41, 5.74) is 0. The van der Waals surface area contributed by atoms with Crippen LogP contribution in [0.25, 0.3) is 0 Å². The van der Waals surface area contributed by atoms with Gasteiger partial charge in [-0.3, -0.25) is 0 Å². The smallest absolute Gasteiger partial charge is 0.00831 e. The van der Waals surface area contributed by atoms with Crippen LogP contribution in [0.3, 0.4) is 0 Å². The highest BCUT2D eigenvalue weighted by molar-refractivity contribution is 6.08. The molecule has 0 spiro atoms. The van der Waals surface area contributed by atoms with Crippen LogP contribution in [0.5, 0.6) is 0 Å². The zero-order valence-corrected chi connectivity index (χ0v) is 6.11. The average Bonchev–Trinajstić information content (AvgIpc) is 1.65. The van der Waals surface area contributed by atoms with Crippen LogP contribution in [0, 0.1) is 5.92 Å². The maximum absolute atomic E-state index is 2.28. The highest BCUT2D eigenvalue weighted by Gasteiger charge is 1.88. The van der Waals surface area contributed by atoms with E-state index in [1.54, 1.807) is 0 Å². The van der Waals surface area contributed by atoms with Gasteiger partial charge in [0.1, 0.15) is 0 Å². The second-order valence-electron chi connectivity index (χ2n) is 1.80. The van der Waals surface area contributed by atoms with Crippen LogP contribution in [0.4, 0.5) is 0 Å². The molecule has 0 N–H and O–H groups in total. The molecule has 0 saturated carbocycles. The van der Waals surface area contributed by atoms with Gasteiger partial charge in [0.2, 0.25) is 0 Å². The Hall–Kier alpha value is 0.217. The SMILES string of the molecule is CCC(C)C[SiH2]. The molecule has 0 aliphatic carbocycles. The van der Waals surface area contributed by atoms with Crippen LogP contribution < -0.4 is 0 Å². The van der Waals surface area contributed by atoms with Crippen molar-refractivity contribution < 1.29 is 0 Å². The van der Waals surface area contributed by atoms with Crippen molar-refractivity contribution in [2.75, 3.05) is 0 Å². The van der Waals surface area contributed by atoms with E-state index in [0.29, 0.717) is 0 Å². The van der Waals surface area contributed by atoms with Crippen molar-refractivity contribution in [2.45, 2.75) is 26.3 Å². The first-order chi connectivity index (χ1) is 2.81. The molecule has 0 aliphatic rings. The Morgan fingerprint density at radius 1 is 1.67 bits per heavy atom. The molecule has 0 heterocycles. The lowest BCUT2D eigenvalue weighted by atomic mass is 10.2. The average molecular weight is 101 g/mol. The molecule has 1 unspecified atom stereocenters. The fraction of sp³-hybridized carbons (Fsp3) is 1.00. The zero-order chi connectivity index (χ0) is 4.99. The largest absolute Gasteiger partial charge is 0.0651 e. The van der Waals surface area contributed by atoms with Gasteiger partial charge in [0.15, 0.2) is 0 Å². The van der Waals surface area contributed by atoms with Gasteiger partial charge in [-0.25, -0.2) is 0 Å². The van der Waals surface area contributed by atoms with Crippen LogP contribution in [0.2, 0.25) is 6.04 Å². The third kappa shape index (κ3) is 2.45. The molecule has 0 bridgehead atoms. The maximum Gasteiger partial charge on any atom is 0.00831 e. The Kier molecular flexibility index (Phi) is 3.53. The maximum atomic E-state index is 2.28. The van der Waals surface area contributed by atoms with E-state index >= 15 is 0 Å². The molecule has 0 fully saturated rings. The molecule has 0 aromatic heterocycles. The second kappa shape index (κ2) is 3.41. The van der Waals surface area contributed by atoms with Gasteiger partial charge < -0.3 is 0 Å². The summed E-state index contributed by atoms with van der Waals surface area (Å²) >= 11 is 0. The summed E-state index contributed by atoms with van der Waals surface area (Å²) in [6.45, 7) is 4.52. The zero-order valence-electron chi connectivity index (χ0n) is 4.70. The quantitative estimate of drug-likeness (QED) is 0.457. The minimum atomic E-state index is 0.948. The van der Waals surface area contributed by atoms with Gasteiger partial charge in [0.05, 0.1) is 0 Å². The van der Waals surface area contributed by atoms with Crippen molar-refractivity contribution in [3.05, 3.63) is 0 Å². The summed E-state index contributed by atoms with van der Waals surface area (Å²) in [4.78, 5) is 0. The van der Waals surface area contributed by atoms with Gasteiger partial charge in [-0.05, 0) is 5.92 Å². The topological polar surface area (TPSA) is 0 Å². The van der Waals surface area contributed by atoms with Crippen molar-refractivity contribution in [3.8, 4) is 0 Å². The lowest BCUT2D eigenvalue weighted by Crippen LogP contribution is -1.87. The molecule has 1 radical (unpaired) electrons. The van der Waals surface area contributed by atoms with E-state index in [9.17, 15) is 0 Å². The Labute approximate surface area is 43.4 Å². The number of hydrogen-bond donors (Lipinski definition) is 0. The first-order valence-corrected chi connectivity index (χ1v) is 3.60. The fourth-order valence-electron chi connectivity index (χ4n) is 0.204. The van der Waals surface area contributed by atoms with Crippen LogP contribution >= 0.6 is 0 Å². The van der Waals surface area contributed by atoms with Crippen LogP contribution in [-0.4, -0.2) is 10.2 Å². The highest BCUT2D eigenvalue weighted by atomic mass is 28.1. The van der Waals surface area contributed by atoms with Crippen molar-refractivity contribution in [1.29, 1.82) is 0 Å². The number of rotatable bonds is 2. The van der Waals surface area contributed by atoms with E-state index in [-0.39, 0.29) is 0 Å². The Morgan fingerprint density at radius 2 is 2.17 bits per heavy atom. The van der Waals surface area contributed by atoms with Gasteiger partial charge in [0.25, 0.3) is 0 Å². The summed E-state index contributed by atoms with van der Waals surface area (Å²) in [6.07, 6.45) is 1.34. The molecule has 0 aromatic carbocycles. The minimum Gasteiger partial charge on any atom is -0.0651 e. The molecule has 1 heteroatoms. The Balaban J connectivity index is 2.75. The van der Waals surface area contributed by atoms with Gasteiger partial charge in [-0.1, -0.05) is 26.3 Å². The van der Waals surface area contributed by atoms with Crippen LogP contribution in [0.1, 0.15) is 20.3 Å². The molecule has 0 aliphatic heterocycles. The molecule has 0 aromatic rings. The van der Waals surface area contributed by atoms with Crippen molar-refractivity contribution >= 4 is 10.2 Å². The van der Waals surface area contributed by atoms with Crippen molar-refractivity contribution in [2.24, 2.45) is 5.92 Å². The second-order valence-corrected chi connectivity index (χ2v) is 2.38. The molecule has 6 heavy (non-hydrogen) atoms. The first-order valence-electron chi connectivity index (χ1n) is 2.60. The number of hydrogen-bond acceptors (Lipinski definition) is 0. The third-order valence-electron chi connectivity index (χ3n) is 1.19. The van der Waals surface area contributed by atoms with Gasteiger partial charge in [-0.2, -0.15) is 0 Å². The summed E-state index contributed by atoms with van der Waals surface area (Å²) in [5, 5.41) is 0. The van der Waals surface area contributed by atoms with Crippen LogP contribution in [-0.2, 0) is 0 Å².